The van der Waals surface area contributed by atoms with E-state index >= 15 is 0 Å². The summed E-state index contributed by atoms with van der Waals surface area (Å²) in [6, 6.07) is 8.09. The van der Waals surface area contributed by atoms with Gasteiger partial charge in [0.2, 0.25) is 11.8 Å². The van der Waals surface area contributed by atoms with Gasteiger partial charge in [0, 0.05) is 35.3 Å². The van der Waals surface area contributed by atoms with E-state index in [4.69, 9.17) is 18.0 Å². The first-order valence-corrected chi connectivity index (χ1v) is 9.66. The Balaban J connectivity index is 0.00000107. The predicted molar refractivity (Wildman–Crippen MR) is 109 cm³/mol. The topological polar surface area (TPSA) is 132 Å². The normalized spacial score (nSPS) is 10.7. The molecule has 0 radical (unpaired) electrons. The lowest BCUT2D eigenvalue weighted by atomic mass is 9.88. The van der Waals surface area contributed by atoms with Crippen molar-refractivity contribution in [3.05, 3.63) is 65.2 Å². The summed E-state index contributed by atoms with van der Waals surface area (Å²) >= 11 is -0.750. The summed E-state index contributed by atoms with van der Waals surface area (Å²) in [5, 5.41) is 8.77. The van der Waals surface area contributed by atoms with E-state index in [1.807, 2.05) is 0 Å². The molecule has 1 amide bonds. The highest BCUT2D eigenvalue weighted by atomic mass is 32.1. The van der Waals surface area contributed by atoms with Crippen LogP contribution in [-0.4, -0.2) is 29.1 Å². The molecule has 0 aliphatic carbocycles. The van der Waals surface area contributed by atoms with Crippen LogP contribution in [-0.2, 0) is 22.9 Å². The van der Waals surface area contributed by atoms with Crippen LogP contribution in [0, 0.1) is 11.2 Å². The molecule has 11 heteroatoms. The van der Waals surface area contributed by atoms with Gasteiger partial charge in [0.15, 0.2) is 0 Å². The van der Waals surface area contributed by atoms with Gasteiger partial charge in [-0.15, -0.1) is 0 Å². The van der Waals surface area contributed by atoms with E-state index in [1.54, 1.807) is 43.6 Å². The molecule has 0 unspecified atom stereocenters. The van der Waals surface area contributed by atoms with Crippen molar-refractivity contribution >= 4 is 17.5 Å². The van der Waals surface area contributed by atoms with Gasteiger partial charge in [0.25, 0.3) is 5.56 Å². The molecule has 2 heterocycles. The maximum atomic E-state index is 14.6. The largest absolute Gasteiger partial charge is 0.445 e. The highest BCUT2D eigenvalue weighted by molar-refractivity contribution is 7.51. The first kappa shape index (κ1) is 23.8. The average Bonchev–Trinajstić information content (AvgIpc) is 3.29. The lowest BCUT2D eigenvalue weighted by Crippen LogP contribution is -2.36. The number of nitrogens with zero attached hydrogens (tertiary/aromatic N) is 2. The van der Waals surface area contributed by atoms with Crippen LogP contribution in [0.1, 0.15) is 20.3 Å². The Kier molecular flexibility index (Phi) is 8.11. The van der Waals surface area contributed by atoms with Gasteiger partial charge < -0.3 is 8.98 Å². The number of benzene rings is 1. The van der Waals surface area contributed by atoms with Crippen molar-refractivity contribution in [3.8, 4) is 22.6 Å². The molecular formula is C20H20FN3O6S. The fraction of sp³-hybridized carbons (Fsp3) is 0.250. The number of hydroxylamine groups is 1. The zero-order valence-corrected chi connectivity index (χ0v) is 17.5. The van der Waals surface area contributed by atoms with Crippen LogP contribution in [0.4, 0.5) is 4.39 Å². The summed E-state index contributed by atoms with van der Waals surface area (Å²) in [5.41, 5.74) is 1.80. The quantitative estimate of drug-likeness (QED) is 0.437. The number of rotatable bonds is 6. The molecule has 9 nitrogen and oxygen atoms in total. The summed E-state index contributed by atoms with van der Waals surface area (Å²) in [6.45, 7) is 3.40. The highest BCUT2D eigenvalue weighted by Gasteiger charge is 2.27. The maximum absolute atomic E-state index is 14.6. The minimum Gasteiger partial charge on any atom is -0.445 e. The summed E-state index contributed by atoms with van der Waals surface area (Å²) in [7, 11) is 0. The van der Waals surface area contributed by atoms with Crippen molar-refractivity contribution in [2.75, 3.05) is 0 Å². The van der Waals surface area contributed by atoms with Crippen LogP contribution in [0.15, 0.2) is 58.2 Å². The molecule has 0 saturated carbocycles. The first-order chi connectivity index (χ1) is 14.7. The van der Waals surface area contributed by atoms with Gasteiger partial charge in [-0.1, -0.05) is 26.0 Å². The van der Waals surface area contributed by atoms with E-state index < -0.39 is 28.7 Å². The van der Waals surface area contributed by atoms with Crippen LogP contribution >= 0.6 is 0 Å². The Bertz CT molecular complexity index is 1120. The summed E-state index contributed by atoms with van der Waals surface area (Å²) in [5.74, 6) is -0.659. The third-order valence-electron chi connectivity index (χ3n) is 4.65. The molecule has 1 aromatic carbocycles. The third-order valence-corrected chi connectivity index (χ3v) is 4.65. The van der Waals surface area contributed by atoms with Gasteiger partial charge in [0.05, 0.1) is 6.20 Å². The molecule has 164 valence electrons. The predicted octanol–water partition coefficient (Wildman–Crippen LogP) is 2.56. The molecule has 2 aromatic heterocycles. The fourth-order valence-corrected chi connectivity index (χ4v) is 2.76. The standard InChI is InChI=1S/C20H20FN3O4.O2S/c1-20(2,19(26)23-27)7-9-24-12-16(21)15(11-17(24)25)13-3-5-14(6-4-13)18-22-8-10-28-18;1-3-2/h3-6,8,10-12,27H,7,9H2,1-2H3,(H,23,26);. The number of carbonyl (C=O) groups is 1. The monoisotopic (exact) mass is 449 g/mol. The van der Waals surface area contributed by atoms with Crippen LogP contribution < -0.4 is 11.0 Å². The molecule has 3 rings (SSSR count). The number of amides is 1. The second-order valence-electron chi connectivity index (χ2n) is 7.12. The van der Waals surface area contributed by atoms with Gasteiger partial charge in [-0.25, -0.2) is 14.9 Å². The average molecular weight is 449 g/mol. The maximum Gasteiger partial charge on any atom is 0.335 e. The molecule has 0 bridgehead atoms. The van der Waals surface area contributed by atoms with Gasteiger partial charge >= 0.3 is 11.6 Å². The number of hydrogen-bond acceptors (Lipinski definition) is 7. The molecule has 0 saturated heterocycles. The lowest BCUT2D eigenvalue weighted by molar-refractivity contribution is -0.138. The number of halogens is 1. The van der Waals surface area contributed by atoms with E-state index in [1.165, 1.54) is 23.1 Å². The molecule has 0 atom stereocenters. The Morgan fingerprint density at radius 2 is 1.87 bits per heavy atom. The van der Waals surface area contributed by atoms with E-state index in [9.17, 15) is 14.0 Å². The third kappa shape index (κ3) is 6.03. The van der Waals surface area contributed by atoms with Gasteiger partial charge in [-0.2, -0.15) is 8.42 Å². The first-order valence-electron chi connectivity index (χ1n) is 9.00. The SMILES string of the molecule is CC(C)(CCn1cc(F)c(-c2ccc(-c3ncco3)cc2)cc1=O)C(=O)NO.O=S=O. The van der Waals surface area contributed by atoms with Crippen molar-refractivity contribution in [1.29, 1.82) is 0 Å². The lowest BCUT2D eigenvalue weighted by Gasteiger charge is -2.22. The van der Waals surface area contributed by atoms with Crippen molar-refractivity contribution in [1.82, 2.24) is 15.0 Å². The van der Waals surface area contributed by atoms with Gasteiger partial charge in [-0.05, 0) is 24.1 Å². The molecule has 0 fully saturated rings. The van der Waals surface area contributed by atoms with Crippen molar-refractivity contribution in [2.45, 2.75) is 26.8 Å². The van der Waals surface area contributed by atoms with E-state index in [2.05, 4.69) is 4.98 Å². The molecule has 31 heavy (non-hydrogen) atoms. The van der Waals surface area contributed by atoms with E-state index in [0.717, 1.165) is 11.8 Å². The Labute approximate surface area is 180 Å². The van der Waals surface area contributed by atoms with Gasteiger partial charge in [0.1, 0.15) is 12.1 Å². The molecular weight excluding hydrogens is 429 g/mol. The second-order valence-corrected chi connectivity index (χ2v) is 7.26. The summed E-state index contributed by atoms with van der Waals surface area (Å²) < 4.78 is 37.6. The molecule has 2 N–H and O–H groups in total. The second kappa shape index (κ2) is 10.5. The number of aryl methyl sites for hydroxylation is 1. The molecule has 0 spiro atoms. The van der Waals surface area contributed by atoms with Gasteiger partial charge in [-0.3, -0.25) is 14.8 Å². The summed E-state index contributed by atoms with van der Waals surface area (Å²) in [4.78, 5) is 28.1. The highest BCUT2D eigenvalue weighted by Crippen LogP contribution is 2.26. The van der Waals surface area contributed by atoms with Crippen molar-refractivity contribution in [3.63, 3.8) is 0 Å². The zero-order valence-electron chi connectivity index (χ0n) is 16.7. The van der Waals surface area contributed by atoms with E-state index in [-0.39, 0.29) is 24.1 Å². The zero-order chi connectivity index (χ0) is 23.0. The Hall–Kier alpha value is -3.44. The summed E-state index contributed by atoms with van der Waals surface area (Å²) in [6.07, 6.45) is 4.39. The number of aromatic nitrogens is 2. The Morgan fingerprint density at radius 3 is 2.42 bits per heavy atom. The van der Waals surface area contributed by atoms with Crippen molar-refractivity contribution in [2.24, 2.45) is 5.41 Å². The smallest absolute Gasteiger partial charge is 0.335 e. The fourth-order valence-electron chi connectivity index (χ4n) is 2.76. The van der Waals surface area contributed by atoms with Crippen LogP contribution in [0.3, 0.4) is 0 Å². The number of oxazole rings is 1. The Morgan fingerprint density at radius 1 is 1.26 bits per heavy atom. The van der Waals surface area contributed by atoms with Crippen LogP contribution in [0.5, 0.6) is 0 Å². The van der Waals surface area contributed by atoms with Crippen LogP contribution in [0.2, 0.25) is 0 Å². The van der Waals surface area contributed by atoms with Crippen molar-refractivity contribution < 1.29 is 27.2 Å². The number of nitrogens with one attached hydrogen (secondary N) is 1. The molecule has 0 aliphatic rings. The number of carbonyl (C=O) groups excluding carboxylic acids is 1. The molecule has 0 aliphatic heterocycles. The van der Waals surface area contributed by atoms with Crippen LogP contribution in [0.25, 0.3) is 22.6 Å². The minimum atomic E-state index is -0.904. The number of pyridine rings is 1. The van der Waals surface area contributed by atoms with E-state index in [0.29, 0.717) is 11.5 Å². The number of hydrogen-bond donors (Lipinski definition) is 2. The minimum absolute atomic E-state index is 0.138. The molecule has 3 aromatic rings.